The number of aliphatic hydroxyl groups excluding tert-OH is 2. The molecule has 2 heterocycles. The number of ether oxygens (including phenoxy) is 5. The normalized spacial score (nSPS) is 24.2. The highest BCUT2D eigenvalue weighted by Gasteiger charge is 2.65. The van der Waals surface area contributed by atoms with Gasteiger partial charge in [0.1, 0.15) is 30.4 Å². The molecule has 2 aliphatic carbocycles. The van der Waals surface area contributed by atoms with Crippen LogP contribution in [0, 0.1) is 17.8 Å². The smallest absolute Gasteiger partial charge is 0.254 e. The third-order valence-electron chi connectivity index (χ3n) is 12.5. The summed E-state index contributed by atoms with van der Waals surface area (Å²) < 4.78 is 32.4. The number of carbonyl (C=O) groups excluding carboxylic acids is 1. The van der Waals surface area contributed by atoms with Crippen LogP contribution in [-0.2, 0) is 9.57 Å². The minimum Gasteiger partial charge on any atom is -0.459 e. The van der Waals surface area contributed by atoms with Gasteiger partial charge in [-0.3, -0.25) is 4.79 Å². The van der Waals surface area contributed by atoms with Crippen molar-refractivity contribution in [2.75, 3.05) is 40.3 Å². The zero-order valence-corrected chi connectivity index (χ0v) is 34.6. The van der Waals surface area contributed by atoms with Crippen LogP contribution in [0.4, 0.5) is 0 Å². The lowest BCUT2D eigenvalue weighted by Gasteiger charge is -2.60. The summed E-state index contributed by atoms with van der Waals surface area (Å²) in [5.74, 6) is 1.24. The summed E-state index contributed by atoms with van der Waals surface area (Å²) in [5.41, 5.74) is 3.18. The number of hydrogen-bond acceptors (Lipinski definition) is 10. The first kappa shape index (κ1) is 41.4. The molecule has 0 aromatic heterocycles. The highest BCUT2D eigenvalue weighted by atomic mass is 16.7. The van der Waals surface area contributed by atoms with Gasteiger partial charge in [-0.1, -0.05) is 67.4 Å². The Bertz CT molecular complexity index is 2240. The molecule has 4 aromatic carbocycles. The van der Waals surface area contributed by atoms with E-state index < -0.39 is 17.7 Å². The van der Waals surface area contributed by atoms with Gasteiger partial charge in [-0.15, -0.1) is 6.58 Å². The molecule has 11 heteroatoms. The second-order valence-electron chi connectivity index (χ2n) is 16.1. The summed E-state index contributed by atoms with van der Waals surface area (Å²) in [7, 11) is 1.56. The molecular formula is C49H56N2O9. The van der Waals surface area contributed by atoms with Crippen LogP contribution in [0.15, 0.2) is 108 Å². The summed E-state index contributed by atoms with van der Waals surface area (Å²) in [6.45, 7) is 7.03. The van der Waals surface area contributed by atoms with Gasteiger partial charge in [0.05, 0.1) is 18.2 Å². The Morgan fingerprint density at radius 2 is 1.67 bits per heavy atom. The van der Waals surface area contributed by atoms with Crippen LogP contribution in [-0.4, -0.2) is 78.8 Å². The molecule has 60 heavy (non-hydrogen) atoms. The summed E-state index contributed by atoms with van der Waals surface area (Å²) >= 11 is 0. The molecule has 6 unspecified atom stereocenters. The van der Waals surface area contributed by atoms with Gasteiger partial charge in [0, 0.05) is 43.2 Å². The average molecular weight is 817 g/mol. The minimum atomic E-state index is -1.36. The third-order valence-corrected chi connectivity index (χ3v) is 12.5. The quantitative estimate of drug-likeness (QED) is 0.0574. The van der Waals surface area contributed by atoms with Gasteiger partial charge in [0.2, 0.25) is 12.6 Å². The second kappa shape index (κ2) is 18.5. The fraction of sp³-hybridized carbons (Fsp3) is 0.429. The fourth-order valence-electron chi connectivity index (χ4n) is 10.0. The zero-order chi connectivity index (χ0) is 41.6. The molecule has 0 saturated heterocycles. The molecule has 4 aromatic rings. The highest BCUT2D eigenvalue weighted by molar-refractivity contribution is 6.03. The van der Waals surface area contributed by atoms with E-state index in [-0.39, 0.29) is 50.3 Å². The van der Waals surface area contributed by atoms with Crippen molar-refractivity contribution in [2.45, 2.75) is 76.0 Å². The lowest BCUT2D eigenvalue weighted by molar-refractivity contribution is -0.254. The molecule has 1 fully saturated rings. The molecule has 0 bridgehead atoms. The summed E-state index contributed by atoms with van der Waals surface area (Å²) in [6, 6.07) is 25.0. The maximum atomic E-state index is 15.0. The predicted octanol–water partition coefficient (Wildman–Crippen LogP) is 9.18. The first-order valence-electron chi connectivity index (χ1n) is 21.4. The number of fused-ring (bicyclic) bond motifs is 4. The third kappa shape index (κ3) is 7.98. The Morgan fingerprint density at radius 1 is 0.917 bits per heavy atom. The van der Waals surface area contributed by atoms with Crippen LogP contribution in [0.2, 0.25) is 0 Å². The van der Waals surface area contributed by atoms with Crippen molar-refractivity contribution >= 4 is 22.4 Å². The number of hydrogen-bond donors (Lipinski definition) is 2. The Labute approximate surface area is 352 Å². The Kier molecular flexibility index (Phi) is 12.8. The molecule has 316 valence electrons. The van der Waals surface area contributed by atoms with Crippen molar-refractivity contribution in [3.05, 3.63) is 114 Å². The molecule has 1 amide bonds. The standard InChI is InChI=1S/C49H56N2O9/c1-4-22-51(48(54)35-17-20-43-44(28-35)57-31-56-43)45-30-41(50-55-3)39-27-34(14-8-10-23-52)38(15-9-11-24-53)46-40-29-37(59-36-18-16-32-12-6-7-13-33(32)26-36)19-21-42(40)60-49(45,47(39)46)58-25-5-2/h5-7,12-13,16-21,26-29,34,38,45-47,52-53H,2,4,8-11,14-15,22-25,30-31H2,1,3H3. The van der Waals surface area contributed by atoms with Crippen molar-refractivity contribution < 1.29 is 43.5 Å². The Morgan fingerprint density at radius 3 is 2.45 bits per heavy atom. The van der Waals surface area contributed by atoms with E-state index in [4.69, 9.17) is 33.7 Å². The van der Waals surface area contributed by atoms with E-state index in [2.05, 4.69) is 49.9 Å². The number of nitrogens with zero attached hydrogens (tertiary/aromatic N) is 2. The van der Waals surface area contributed by atoms with Crippen molar-refractivity contribution in [2.24, 2.45) is 22.9 Å². The minimum absolute atomic E-state index is 0.0843. The zero-order valence-electron chi connectivity index (χ0n) is 34.6. The number of allylic oxidation sites excluding steroid dienone is 1. The molecule has 6 atom stereocenters. The van der Waals surface area contributed by atoms with E-state index in [9.17, 15) is 15.0 Å². The van der Waals surface area contributed by atoms with Crippen LogP contribution in [0.1, 0.15) is 80.1 Å². The van der Waals surface area contributed by atoms with E-state index in [1.165, 1.54) is 0 Å². The lowest BCUT2D eigenvalue weighted by atomic mass is 9.55. The van der Waals surface area contributed by atoms with Crippen LogP contribution in [0.3, 0.4) is 0 Å². The molecular weight excluding hydrogens is 761 g/mol. The first-order chi connectivity index (χ1) is 29.4. The maximum absolute atomic E-state index is 15.0. The molecule has 11 nitrogen and oxygen atoms in total. The van der Waals surface area contributed by atoms with E-state index in [0.29, 0.717) is 60.8 Å². The largest absolute Gasteiger partial charge is 0.459 e. The monoisotopic (exact) mass is 816 g/mol. The van der Waals surface area contributed by atoms with Crippen LogP contribution in [0.5, 0.6) is 28.7 Å². The number of oxime groups is 1. The second-order valence-corrected chi connectivity index (χ2v) is 16.1. The predicted molar refractivity (Wildman–Crippen MR) is 230 cm³/mol. The van der Waals surface area contributed by atoms with Crippen molar-refractivity contribution in [3.8, 4) is 28.7 Å². The number of aliphatic hydroxyl groups is 2. The van der Waals surface area contributed by atoms with Gasteiger partial charge >= 0.3 is 0 Å². The molecule has 0 spiro atoms. The first-order valence-corrected chi connectivity index (χ1v) is 21.4. The van der Waals surface area contributed by atoms with E-state index in [0.717, 1.165) is 59.1 Å². The molecule has 0 radical (unpaired) electrons. The molecule has 8 rings (SSSR count). The summed E-state index contributed by atoms with van der Waals surface area (Å²) in [5, 5.41) is 26.8. The number of unbranched alkanes of at least 4 members (excludes halogenated alkanes) is 2. The average Bonchev–Trinajstić information content (AvgIpc) is 3.75. The van der Waals surface area contributed by atoms with Gasteiger partial charge in [0.25, 0.3) is 5.91 Å². The van der Waals surface area contributed by atoms with Crippen LogP contribution < -0.4 is 18.9 Å². The SMILES string of the molecule is C=CCOC12Oc3ccc(Oc4ccc5ccccc5c4)cc3C3C(CCCCO)C(CCCCO)C=C(C(=NOC)CC1N(CCC)C(=O)c1ccc4c(c1)OCO4)C32. The maximum Gasteiger partial charge on any atom is 0.254 e. The van der Waals surface area contributed by atoms with E-state index in [1.807, 2.05) is 35.2 Å². The summed E-state index contributed by atoms with van der Waals surface area (Å²) in [4.78, 5) is 22.5. The lowest BCUT2D eigenvalue weighted by Crippen LogP contribution is -2.70. The van der Waals surface area contributed by atoms with Crippen molar-refractivity contribution in [3.63, 3.8) is 0 Å². The van der Waals surface area contributed by atoms with Crippen LogP contribution >= 0.6 is 0 Å². The van der Waals surface area contributed by atoms with Crippen molar-refractivity contribution in [1.29, 1.82) is 0 Å². The summed E-state index contributed by atoms with van der Waals surface area (Å²) in [6.07, 6.45) is 9.79. The molecule has 1 saturated carbocycles. The van der Waals surface area contributed by atoms with E-state index in [1.54, 1.807) is 31.4 Å². The Hall–Kier alpha value is -5.36. The number of benzene rings is 4. The van der Waals surface area contributed by atoms with Gasteiger partial charge in [0.15, 0.2) is 11.5 Å². The molecule has 2 N–H and O–H groups in total. The Balaban J connectivity index is 1.30. The number of carbonyl (C=O) groups is 1. The van der Waals surface area contributed by atoms with Crippen LogP contribution in [0.25, 0.3) is 10.8 Å². The van der Waals surface area contributed by atoms with Gasteiger partial charge in [-0.25, -0.2) is 0 Å². The number of rotatable bonds is 18. The number of amides is 1. The van der Waals surface area contributed by atoms with Gasteiger partial charge in [-0.2, -0.15) is 0 Å². The fourth-order valence-corrected chi connectivity index (χ4v) is 10.0. The topological polar surface area (TPSA) is 129 Å². The van der Waals surface area contributed by atoms with Gasteiger partial charge in [-0.05, 0) is 109 Å². The van der Waals surface area contributed by atoms with Crippen molar-refractivity contribution in [1.82, 2.24) is 4.90 Å². The molecule has 2 aliphatic heterocycles. The highest BCUT2D eigenvalue weighted by Crippen LogP contribution is 2.62. The van der Waals surface area contributed by atoms with Gasteiger partial charge < -0.3 is 43.6 Å². The molecule has 4 aliphatic rings. The van der Waals surface area contributed by atoms with E-state index >= 15 is 0 Å².